The molecule has 0 aliphatic heterocycles. The molecule has 0 atom stereocenters. The SMILES string of the molecule is CCCOc1ccc(NCc2cc(C)sc2C)cc1Cl. The Morgan fingerprint density at radius 1 is 1.25 bits per heavy atom. The van der Waals surface area contributed by atoms with Gasteiger partial charge in [0.15, 0.2) is 0 Å². The van der Waals surface area contributed by atoms with E-state index in [4.69, 9.17) is 16.3 Å². The van der Waals surface area contributed by atoms with E-state index in [1.807, 2.05) is 29.5 Å². The first kappa shape index (κ1) is 15.2. The van der Waals surface area contributed by atoms with Crippen LogP contribution >= 0.6 is 22.9 Å². The molecule has 2 nitrogen and oxygen atoms in total. The number of hydrogen-bond acceptors (Lipinski definition) is 3. The molecular formula is C16H20ClNOS. The van der Waals surface area contributed by atoms with Crippen LogP contribution in [-0.4, -0.2) is 6.61 Å². The summed E-state index contributed by atoms with van der Waals surface area (Å²) in [6, 6.07) is 8.08. The fraction of sp³-hybridized carbons (Fsp3) is 0.375. The van der Waals surface area contributed by atoms with Crippen molar-refractivity contribution in [1.29, 1.82) is 0 Å². The summed E-state index contributed by atoms with van der Waals surface area (Å²) in [5.41, 5.74) is 2.36. The average molecular weight is 310 g/mol. The Labute approximate surface area is 129 Å². The van der Waals surface area contributed by atoms with Gasteiger partial charge in [0.1, 0.15) is 5.75 Å². The first-order chi connectivity index (χ1) is 9.60. The summed E-state index contributed by atoms with van der Waals surface area (Å²) in [5.74, 6) is 0.752. The van der Waals surface area contributed by atoms with E-state index in [2.05, 4.69) is 32.2 Å². The van der Waals surface area contributed by atoms with Gasteiger partial charge in [0.2, 0.25) is 0 Å². The first-order valence-corrected chi connectivity index (χ1v) is 8.01. The first-order valence-electron chi connectivity index (χ1n) is 6.82. The van der Waals surface area contributed by atoms with Gasteiger partial charge in [-0.2, -0.15) is 0 Å². The van der Waals surface area contributed by atoms with Crippen molar-refractivity contribution >= 4 is 28.6 Å². The monoisotopic (exact) mass is 309 g/mol. The molecule has 2 rings (SSSR count). The zero-order chi connectivity index (χ0) is 14.5. The lowest BCUT2D eigenvalue weighted by atomic mass is 10.2. The summed E-state index contributed by atoms with van der Waals surface area (Å²) >= 11 is 8.05. The van der Waals surface area contributed by atoms with Crippen molar-refractivity contribution in [2.24, 2.45) is 0 Å². The van der Waals surface area contributed by atoms with Crippen LogP contribution in [0, 0.1) is 13.8 Å². The second-order valence-electron chi connectivity index (χ2n) is 4.79. The molecule has 0 fully saturated rings. The maximum absolute atomic E-state index is 6.22. The van der Waals surface area contributed by atoms with Gasteiger partial charge in [-0.05, 0) is 50.1 Å². The van der Waals surface area contributed by atoms with Crippen LogP contribution < -0.4 is 10.1 Å². The minimum atomic E-state index is 0.654. The molecule has 0 spiro atoms. The smallest absolute Gasteiger partial charge is 0.138 e. The molecule has 0 amide bonds. The van der Waals surface area contributed by atoms with Crippen molar-refractivity contribution in [2.45, 2.75) is 33.7 Å². The van der Waals surface area contributed by atoms with E-state index < -0.39 is 0 Å². The maximum Gasteiger partial charge on any atom is 0.138 e. The molecule has 20 heavy (non-hydrogen) atoms. The van der Waals surface area contributed by atoms with Gasteiger partial charge in [0, 0.05) is 22.0 Å². The van der Waals surface area contributed by atoms with Gasteiger partial charge >= 0.3 is 0 Å². The van der Waals surface area contributed by atoms with Crippen LogP contribution in [0.3, 0.4) is 0 Å². The molecule has 0 bridgehead atoms. The summed E-state index contributed by atoms with van der Waals surface area (Å²) in [4.78, 5) is 2.71. The Kier molecular flexibility index (Phi) is 5.32. The molecule has 0 unspecified atom stereocenters. The van der Waals surface area contributed by atoms with E-state index in [9.17, 15) is 0 Å². The van der Waals surface area contributed by atoms with Crippen molar-refractivity contribution in [2.75, 3.05) is 11.9 Å². The second kappa shape index (κ2) is 7.00. The summed E-state index contributed by atoms with van der Waals surface area (Å²) in [7, 11) is 0. The van der Waals surface area contributed by atoms with Crippen molar-refractivity contribution in [3.8, 4) is 5.75 Å². The number of anilines is 1. The minimum absolute atomic E-state index is 0.654. The minimum Gasteiger partial charge on any atom is -0.492 e. The van der Waals surface area contributed by atoms with Crippen LogP contribution in [-0.2, 0) is 6.54 Å². The molecule has 0 saturated heterocycles. The zero-order valence-electron chi connectivity index (χ0n) is 12.1. The van der Waals surface area contributed by atoms with Crippen LogP contribution in [0.15, 0.2) is 24.3 Å². The van der Waals surface area contributed by atoms with Crippen molar-refractivity contribution in [1.82, 2.24) is 0 Å². The van der Waals surface area contributed by atoms with Crippen LogP contribution in [0.4, 0.5) is 5.69 Å². The van der Waals surface area contributed by atoms with E-state index in [-0.39, 0.29) is 0 Å². The molecule has 0 saturated carbocycles. The number of thiophene rings is 1. The topological polar surface area (TPSA) is 21.3 Å². The second-order valence-corrected chi connectivity index (χ2v) is 6.65. The van der Waals surface area contributed by atoms with E-state index in [1.165, 1.54) is 15.3 Å². The highest BCUT2D eigenvalue weighted by molar-refractivity contribution is 7.12. The van der Waals surface area contributed by atoms with Crippen LogP contribution in [0.5, 0.6) is 5.75 Å². The lowest BCUT2D eigenvalue weighted by molar-refractivity contribution is 0.317. The molecule has 4 heteroatoms. The van der Waals surface area contributed by atoms with Crippen molar-refractivity contribution < 1.29 is 4.74 Å². The predicted molar refractivity (Wildman–Crippen MR) is 88.4 cm³/mol. The molecule has 0 aliphatic carbocycles. The van der Waals surface area contributed by atoms with E-state index >= 15 is 0 Å². The highest BCUT2D eigenvalue weighted by atomic mass is 35.5. The molecule has 2 aromatic rings. The highest BCUT2D eigenvalue weighted by Gasteiger charge is 2.05. The predicted octanol–water partition coefficient (Wildman–Crippen LogP) is 5.42. The Morgan fingerprint density at radius 3 is 2.65 bits per heavy atom. The fourth-order valence-corrected chi connectivity index (χ4v) is 3.18. The quantitative estimate of drug-likeness (QED) is 0.769. The number of hydrogen-bond donors (Lipinski definition) is 1. The van der Waals surface area contributed by atoms with Crippen LogP contribution in [0.2, 0.25) is 5.02 Å². The molecule has 108 valence electrons. The third kappa shape index (κ3) is 3.90. The highest BCUT2D eigenvalue weighted by Crippen LogP contribution is 2.28. The van der Waals surface area contributed by atoms with E-state index in [1.54, 1.807) is 0 Å². The summed E-state index contributed by atoms with van der Waals surface area (Å²) in [6.07, 6.45) is 0.979. The summed E-state index contributed by atoms with van der Waals surface area (Å²) in [6.45, 7) is 7.89. The van der Waals surface area contributed by atoms with Gasteiger partial charge in [-0.1, -0.05) is 18.5 Å². The molecule has 0 aliphatic rings. The molecule has 1 aromatic carbocycles. The van der Waals surface area contributed by atoms with Gasteiger partial charge < -0.3 is 10.1 Å². The normalized spacial score (nSPS) is 10.6. The average Bonchev–Trinajstić information content (AvgIpc) is 2.73. The van der Waals surface area contributed by atoms with Gasteiger partial charge in [0.25, 0.3) is 0 Å². The van der Waals surface area contributed by atoms with Crippen molar-refractivity contribution in [3.05, 3.63) is 44.6 Å². The molecule has 1 aromatic heterocycles. The Bertz CT molecular complexity index is 580. The third-order valence-corrected chi connectivity index (χ3v) is 4.32. The number of benzene rings is 1. The summed E-state index contributed by atoms with van der Waals surface area (Å²) in [5, 5.41) is 4.06. The zero-order valence-corrected chi connectivity index (χ0v) is 13.7. The van der Waals surface area contributed by atoms with Crippen molar-refractivity contribution in [3.63, 3.8) is 0 Å². The molecule has 1 heterocycles. The lowest BCUT2D eigenvalue weighted by Gasteiger charge is -2.10. The Balaban J connectivity index is 2.00. The molecule has 0 radical (unpaired) electrons. The van der Waals surface area contributed by atoms with E-state index in [0.29, 0.717) is 11.6 Å². The molecular weight excluding hydrogens is 290 g/mol. The Hall–Kier alpha value is -1.19. The number of nitrogens with one attached hydrogen (secondary N) is 1. The number of rotatable bonds is 6. The van der Waals surface area contributed by atoms with Crippen LogP contribution in [0.1, 0.15) is 28.7 Å². The number of aryl methyl sites for hydroxylation is 2. The van der Waals surface area contributed by atoms with Gasteiger partial charge in [-0.3, -0.25) is 0 Å². The third-order valence-electron chi connectivity index (χ3n) is 3.02. The Morgan fingerprint density at radius 2 is 2.05 bits per heavy atom. The number of ether oxygens (including phenoxy) is 1. The number of halogens is 1. The van der Waals surface area contributed by atoms with Crippen LogP contribution in [0.25, 0.3) is 0 Å². The van der Waals surface area contributed by atoms with Gasteiger partial charge in [-0.15, -0.1) is 11.3 Å². The van der Waals surface area contributed by atoms with E-state index in [0.717, 1.165) is 24.4 Å². The maximum atomic E-state index is 6.22. The standard InChI is InChI=1S/C16H20ClNOS/c1-4-7-19-16-6-5-14(9-15(16)17)18-10-13-8-11(2)20-12(13)3/h5-6,8-9,18H,4,7,10H2,1-3H3. The fourth-order valence-electron chi connectivity index (χ4n) is 2.00. The summed E-state index contributed by atoms with van der Waals surface area (Å²) < 4.78 is 5.57. The largest absolute Gasteiger partial charge is 0.492 e. The van der Waals surface area contributed by atoms with Gasteiger partial charge in [0.05, 0.1) is 11.6 Å². The lowest BCUT2D eigenvalue weighted by Crippen LogP contribution is -2.00. The molecule has 1 N–H and O–H groups in total. The van der Waals surface area contributed by atoms with Gasteiger partial charge in [-0.25, -0.2) is 0 Å².